The van der Waals surface area contributed by atoms with Crippen LogP contribution in [0.15, 0.2) is 48.5 Å². The topological polar surface area (TPSA) is 63.6 Å². The second kappa shape index (κ2) is 12.0. The van der Waals surface area contributed by atoms with E-state index in [4.69, 9.17) is 9.84 Å². The smallest absolute Gasteiger partial charge is 0.159 e. The number of hydrogen-bond acceptors (Lipinski definition) is 4. The van der Waals surface area contributed by atoms with Gasteiger partial charge in [-0.25, -0.2) is 0 Å². The van der Waals surface area contributed by atoms with Gasteiger partial charge in [0.25, 0.3) is 0 Å². The molecule has 1 radical (unpaired) electrons. The van der Waals surface area contributed by atoms with Crippen LogP contribution in [0.1, 0.15) is 34.6 Å². The van der Waals surface area contributed by atoms with Gasteiger partial charge in [-0.05, 0) is 62.4 Å². The number of ketones is 2. The van der Waals surface area contributed by atoms with Crippen molar-refractivity contribution in [3.63, 3.8) is 0 Å². The number of aromatic hydroxyl groups is 1. The van der Waals surface area contributed by atoms with E-state index in [-0.39, 0.29) is 57.5 Å². The monoisotopic (exact) mass is 390 g/mol. The van der Waals surface area contributed by atoms with Gasteiger partial charge in [0.05, 0.1) is 7.11 Å². The zero-order valence-electron chi connectivity index (χ0n) is 13.9. The van der Waals surface area contributed by atoms with Crippen LogP contribution in [0, 0.1) is 7.43 Å². The zero-order valence-corrected chi connectivity index (χ0v) is 16.7. The van der Waals surface area contributed by atoms with Gasteiger partial charge in [0.15, 0.2) is 11.6 Å². The first kappa shape index (κ1) is 23.7. The molecule has 0 aliphatic rings. The molecule has 0 saturated carbocycles. The molecule has 0 bridgehead atoms. The van der Waals surface area contributed by atoms with Crippen molar-refractivity contribution in [2.24, 2.45) is 0 Å². The van der Waals surface area contributed by atoms with Gasteiger partial charge in [-0.3, -0.25) is 9.59 Å². The number of phenols is 1. The Balaban J connectivity index is 0. The van der Waals surface area contributed by atoms with Crippen LogP contribution in [0.3, 0.4) is 0 Å². The van der Waals surface area contributed by atoms with Gasteiger partial charge in [-0.15, -0.1) is 0 Å². The minimum absolute atomic E-state index is 0. The third kappa shape index (κ3) is 8.63. The molecule has 0 spiro atoms. The van der Waals surface area contributed by atoms with Crippen LogP contribution in [-0.4, -0.2) is 23.8 Å². The minimum Gasteiger partial charge on any atom is -0.508 e. The Morgan fingerprint density at radius 1 is 0.826 bits per heavy atom. The van der Waals surface area contributed by atoms with E-state index >= 15 is 0 Å². The van der Waals surface area contributed by atoms with Crippen molar-refractivity contribution in [3.05, 3.63) is 67.1 Å². The van der Waals surface area contributed by atoms with Crippen LogP contribution in [0.25, 0.3) is 0 Å². The normalized spacial score (nSPS) is 8.48. The van der Waals surface area contributed by atoms with Gasteiger partial charge < -0.3 is 17.3 Å². The Hall–Kier alpha value is -1.52. The molecule has 2 rings (SSSR count). The van der Waals surface area contributed by atoms with Crippen molar-refractivity contribution in [1.29, 1.82) is 0 Å². The fourth-order valence-corrected chi connectivity index (χ4v) is 1.52. The molecule has 1 N–H and O–H groups in total. The number of benzene rings is 2. The van der Waals surface area contributed by atoms with Gasteiger partial charge in [0.1, 0.15) is 11.5 Å². The molecule has 0 heterocycles. The van der Waals surface area contributed by atoms with E-state index in [1.165, 1.54) is 19.1 Å². The molecular weight excluding hydrogens is 369 g/mol. The van der Waals surface area contributed by atoms with Crippen LogP contribution in [0.4, 0.5) is 0 Å². The van der Waals surface area contributed by atoms with Gasteiger partial charge in [0.2, 0.25) is 0 Å². The predicted octanol–water partition coefficient (Wildman–Crippen LogP) is 3.94. The number of Topliss-reactive ketones (excluding diaryl/α,β-unsaturated/α-hetero) is 2. The molecule has 2 aromatic rings. The molecule has 0 aliphatic carbocycles. The Bertz CT molecular complexity index is 604. The van der Waals surface area contributed by atoms with Gasteiger partial charge in [-0.2, -0.15) is 0 Å². The number of hydrogen-bond donors (Lipinski definition) is 1. The molecule has 121 valence electrons. The number of carbonyl (C=O) groups excluding carboxylic acids is 2. The van der Waals surface area contributed by atoms with Crippen LogP contribution in [-0.2, 0) is 32.7 Å². The first-order valence-corrected chi connectivity index (χ1v) is 6.39. The van der Waals surface area contributed by atoms with E-state index in [1.54, 1.807) is 50.4 Å². The van der Waals surface area contributed by atoms with E-state index in [2.05, 4.69) is 0 Å². The van der Waals surface area contributed by atoms with Gasteiger partial charge in [0, 0.05) is 43.8 Å². The molecule has 5 heteroatoms. The summed E-state index contributed by atoms with van der Waals surface area (Å²) in [5.74, 6) is 1.05. The molecule has 0 unspecified atom stereocenters. The van der Waals surface area contributed by atoms with Crippen molar-refractivity contribution in [2.45, 2.75) is 13.8 Å². The van der Waals surface area contributed by atoms with Gasteiger partial charge in [-0.1, -0.05) is 0 Å². The number of methoxy groups -OCH3 is 1. The van der Waals surface area contributed by atoms with Crippen molar-refractivity contribution in [1.82, 2.24) is 0 Å². The Morgan fingerprint density at radius 3 is 1.48 bits per heavy atom. The summed E-state index contributed by atoms with van der Waals surface area (Å²) in [5, 5.41) is 8.83. The summed E-state index contributed by atoms with van der Waals surface area (Å²) >= 11 is 0. The van der Waals surface area contributed by atoms with Crippen LogP contribution < -0.4 is 4.74 Å². The quantitative estimate of drug-likeness (QED) is 0.637. The maximum atomic E-state index is 10.8. The van der Waals surface area contributed by atoms with Crippen molar-refractivity contribution in [3.8, 4) is 11.5 Å². The molecule has 0 aliphatic heterocycles. The van der Waals surface area contributed by atoms with E-state index in [1.807, 2.05) is 0 Å². The predicted molar refractivity (Wildman–Crippen MR) is 87.5 cm³/mol. The van der Waals surface area contributed by atoms with Crippen LogP contribution in [0.2, 0.25) is 0 Å². The maximum absolute atomic E-state index is 10.8. The van der Waals surface area contributed by atoms with Crippen LogP contribution >= 0.6 is 0 Å². The summed E-state index contributed by atoms with van der Waals surface area (Å²) in [5.41, 5.74) is 1.34. The standard InChI is InChI=1S/C9H10O2.C8H8O2.CH3.Y/c1-7(10)8-3-5-9(11-2)6-4-8;1-6(9)7-2-4-8(10)5-3-7;;/h3-6H,1-2H3;2-5,10H,1H3;1H3;/q;;-1;. The Labute approximate surface area is 162 Å². The molecule has 0 fully saturated rings. The first-order valence-electron chi connectivity index (χ1n) is 6.39. The third-order valence-electron chi connectivity index (χ3n) is 2.77. The van der Waals surface area contributed by atoms with Crippen molar-refractivity contribution in [2.75, 3.05) is 7.11 Å². The zero-order chi connectivity index (χ0) is 15.8. The second-order valence-electron chi connectivity index (χ2n) is 4.39. The van der Waals surface area contributed by atoms with E-state index in [0.717, 1.165) is 5.75 Å². The summed E-state index contributed by atoms with van der Waals surface area (Å²) in [7, 11) is 1.60. The number of carbonyl (C=O) groups is 2. The summed E-state index contributed by atoms with van der Waals surface area (Å²) in [4.78, 5) is 21.5. The molecule has 2 aromatic carbocycles. The number of phenolic OH excluding ortho intramolecular Hbond substituents is 1. The molecular formula is C18H21O4Y-. The van der Waals surface area contributed by atoms with E-state index < -0.39 is 0 Å². The van der Waals surface area contributed by atoms with Crippen molar-refractivity contribution >= 4 is 11.6 Å². The molecule has 4 nitrogen and oxygen atoms in total. The fraction of sp³-hybridized carbons (Fsp3) is 0.167. The molecule has 0 amide bonds. The fourth-order valence-electron chi connectivity index (χ4n) is 1.52. The van der Waals surface area contributed by atoms with Gasteiger partial charge >= 0.3 is 0 Å². The summed E-state index contributed by atoms with van der Waals surface area (Å²) in [6.07, 6.45) is 0. The molecule has 23 heavy (non-hydrogen) atoms. The van der Waals surface area contributed by atoms with E-state index in [9.17, 15) is 9.59 Å². The Morgan fingerprint density at radius 2 is 1.17 bits per heavy atom. The SMILES string of the molecule is CC(=O)c1ccc(O)cc1.COc1ccc(C(C)=O)cc1.[CH3-].[Y]. The van der Waals surface area contributed by atoms with E-state index in [0.29, 0.717) is 11.1 Å². The molecule has 0 saturated heterocycles. The van der Waals surface area contributed by atoms with Crippen molar-refractivity contribution < 1.29 is 52.1 Å². The average molecular weight is 390 g/mol. The number of ether oxygens (including phenoxy) is 1. The largest absolute Gasteiger partial charge is 0.508 e. The minimum atomic E-state index is 0. The summed E-state index contributed by atoms with van der Waals surface area (Å²) < 4.78 is 4.94. The number of rotatable bonds is 3. The summed E-state index contributed by atoms with van der Waals surface area (Å²) in [6.45, 7) is 3.04. The first-order chi connectivity index (χ1) is 9.93. The maximum Gasteiger partial charge on any atom is 0.159 e. The van der Waals surface area contributed by atoms with Crippen LogP contribution in [0.5, 0.6) is 11.5 Å². The third-order valence-corrected chi connectivity index (χ3v) is 2.77. The average Bonchev–Trinajstić information content (AvgIpc) is 2.48. The second-order valence-corrected chi connectivity index (χ2v) is 4.39. The summed E-state index contributed by atoms with van der Waals surface area (Å²) in [6, 6.07) is 13.2. The molecule has 0 atom stereocenters. The molecule has 0 aromatic heterocycles. The Kier molecular flexibility index (Phi) is 12.4.